The van der Waals surface area contributed by atoms with Gasteiger partial charge in [-0.15, -0.1) is 0 Å². The van der Waals surface area contributed by atoms with E-state index < -0.39 is 4.92 Å². The van der Waals surface area contributed by atoms with Crippen LogP contribution in [0.1, 0.15) is 34.8 Å². The summed E-state index contributed by atoms with van der Waals surface area (Å²) >= 11 is 0. The number of nitro groups is 1. The van der Waals surface area contributed by atoms with Crippen molar-refractivity contribution in [3.63, 3.8) is 0 Å². The predicted molar refractivity (Wildman–Crippen MR) is 118 cm³/mol. The average Bonchev–Trinajstić information content (AvgIpc) is 3.35. The summed E-state index contributed by atoms with van der Waals surface area (Å²) in [5.41, 5.74) is 1.81. The molecule has 4 rings (SSSR count). The fourth-order valence-corrected chi connectivity index (χ4v) is 4.37. The summed E-state index contributed by atoms with van der Waals surface area (Å²) in [6.45, 7) is 4.54. The van der Waals surface area contributed by atoms with Gasteiger partial charge in [-0.2, -0.15) is 0 Å². The summed E-state index contributed by atoms with van der Waals surface area (Å²) in [5, 5.41) is 14.3. The van der Waals surface area contributed by atoms with Crippen molar-refractivity contribution in [2.75, 3.05) is 50.8 Å². The average molecular weight is 442 g/mol. The van der Waals surface area contributed by atoms with Crippen LogP contribution in [0.25, 0.3) is 0 Å². The van der Waals surface area contributed by atoms with Gasteiger partial charge in [0.05, 0.1) is 35.4 Å². The number of nitrogens with one attached hydrogen (secondary N) is 1. The van der Waals surface area contributed by atoms with Crippen molar-refractivity contribution in [1.82, 2.24) is 10.2 Å². The van der Waals surface area contributed by atoms with Gasteiger partial charge in [0, 0.05) is 44.9 Å². The molecule has 2 fully saturated rings. The Morgan fingerprint density at radius 1 is 1.09 bits per heavy atom. The minimum absolute atomic E-state index is 0.110. The minimum atomic E-state index is -0.487. The van der Waals surface area contributed by atoms with Crippen LogP contribution >= 0.6 is 0 Å². The van der Waals surface area contributed by atoms with Crippen molar-refractivity contribution in [2.45, 2.75) is 18.9 Å². The molecule has 1 N–H and O–H groups in total. The van der Waals surface area contributed by atoms with E-state index in [4.69, 9.17) is 4.74 Å². The molecule has 0 aliphatic carbocycles. The minimum Gasteiger partial charge on any atom is -0.379 e. The number of carbonyl (C=O) groups excluding carboxylic acids is 1. The second-order valence-corrected chi connectivity index (χ2v) is 8.08. The molecule has 2 aliphatic rings. The quantitative estimate of drug-likeness (QED) is 0.524. The molecule has 32 heavy (non-hydrogen) atoms. The first-order valence-electron chi connectivity index (χ1n) is 10.9. The first kappa shape index (κ1) is 22.2. The van der Waals surface area contributed by atoms with Crippen molar-refractivity contribution < 1.29 is 18.8 Å². The highest BCUT2D eigenvalue weighted by Crippen LogP contribution is 2.29. The topological polar surface area (TPSA) is 88.0 Å². The molecule has 2 saturated heterocycles. The molecule has 0 bridgehead atoms. The lowest BCUT2D eigenvalue weighted by molar-refractivity contribution is -0.384. The van der Waals surface area contributed by atoms with Gasteiger partial charge in [-0.1, -0.05) is 12.1 Å². The molecule has 170 valence electrons. The van der Waals surface area contributed by atoms with E-state index in [9.17, 15) is 19.3 Å². The molecule has 0 radical (unpaired) electrons. The van der Waals surface area contributed by atoms with E-state index in [-0.39, 0.29) is 23.5 Å². The van der Waals surface area contributed by atoms with Gasteiger partial charge in [-0.25, -0.2) is 4.39 Å². The Morgan fingerprint density at radius 3 is 2.44 bits per heavy atom. The maximum absolute atomic E-state index is 13.5. The number of halogens is 1. The first-order valence-corrected chi connectivity index (χ1v) is 10.9. The number of anilines is 1. The zero-order valence-electron chi connectivity index (χ0n) is 17.8. The third-order valence-electron chi connectivity index (χ3n) is 6.08. The molecule has 0 aromatic heterocycles. The number of hydrogen-bond donors (Lipinski definition) is 1. The van der Waals surface area contributed by atoms with Crippen LogP contribution in [0.2, 0.25) is 0 Å². The molecule has 2 aromatic carbocycles. The van der Waals surface area contributed by atoms with Gasteiger partial charge < -0.3 is 15.0 Å². The van der Waals surface area contributed by atoms with E-state index in [1.807, 2.05) is 0 Å². The van der Waals surface area contributed by atoms with Gasteiger partial charge >= 0.3 is 0 Å². The van der Waals surface area contributed by atoms with Crippen molar-refractivity contribution >= 4 is 17.3 Å². The normalized spacial score (nSPS) is 17.8. The van der Waals surface area contributed by atoms with Crippen LogP contribution in [0, 0.1) is 15.9 Å². The number of morpholine rings is 1. The van der Waals surface area contributed by atoms with Gasteiger partial charge in [0.25, 0.3) is 11.6 Å². The number of hydrogen-bond acceptors (Lipinski definition) is 6. The fourth-order valence-electron chi connectivity index (χ4n) is 4.37. The lowest BCUT2D eigenvalue weighted by Crippen LogP contribution is -2.44. The second kappa shape index (κ2) is 10.1. The van der Waals surface area contributed by atoms with Crippen molar-refractivity contribution in [1.29, 1.82) is 0 Å². The maximum Gasteiger partial charge on any atom is 0.270 e. The van der Waals surface area contributed by atoms with Gasteiger partial charge in [-0.05, 0) is 36.6 Å². The van der Waals surface area contributed by atoms with Gasteiger partial charge in [-0.3, -0.25) is 19.8 Å². The zero-order valence-corrected chi connectivity index (χ0v) is 17.8. The number of rotatable bonds is 7. The van der Waals surface area contributed by atoms with Gasteiger partial charge in [0.15, 0.2) is 0 Å². The molecule has 0 spiro atoms. The molecule has 2 aliphatic heterocycles. The van der Waals surface area contributed by atoms with Crippen molar-refractivity contribution in [3.05, 3.63) is 69.5 Å². The van der Waals surface area contributed by atoms with E-state index in [2.05, 4.69) is 15.1 Å². The Hall–Kier alpha value is -3.04. The first-order chi connectivity index (χ1) is 15.5. The highest BCUT2D eigenvalue weighted by Gasteiger charge is 2.26. The lowest BCUT2D eigenvalue weighted by Gasteiger charge is -2.35. The Balaban J connectivity index is 1.56. The largest absolute Gasteiger partial charge is 0.379 e. The highest BCUT2D eigenvalue weighted by atomic mass is 19.1. The third-order valence-corrected chi connectivity index (χ3v) is 6.08. The van der Waals surface area contributed by atoms with Gasteiger partial charge in [0.2, 0.25) is 0 Å². The fraction of sp³-hybridized carbons (Fsp3) is 0.435. The number of non-ortho nitro benzene ring substituents is 1. The molecular formula is C23H27FN4O4. The van der Waals surface area contributed by atoms with E-state index in [0.717, 1.165) is 37.2 Å². The van der Waals surface area contributed by atoms with E-state index in [1.54, 1.807) is 18.2 Å². The van der Waals surface area contributed by atoms with E-state index in [1.165, 1.54) is 24.3 Å². The van der Waals surface area contributed by atoms with Crippen LogP contribution in [0.15, 0.2) is 42.5 Å². The predicted octanol–water partition coefficient (Wildman–Crippen LogP) is 3.14. The molecule has 1 amide bonds. The Morgan fingerprint density at radius 2 is 1.78 bits per heavy atom. The maximum atomic E-state index is 13.5. The Kier molecular flexibility index (Phi) is 6.96. The number of ether oxygens (including phenoxy) is 1. The molecule has 9 heteroatoms. The Bertz CT molecular complexity index is 957. The summed E-state index contributed by atoms with van der Waals surface area (Å²) in [6.07, 6.45) is 2.06. The van der Waals surface area contributed by atoms with Crippen molar-refractivity contribution in [3.8, 4) is 0 Å². The second-order valence-electron chi connectivity index (χ2n) is 8.08. The summed E-state index contributed by atoms with van der Waals surface area (Å²) in [5.74, 6) is -0.665. The Labute approximate surface area is 186 Å². The van der Waals surface area contributed by atoms with Crippen LogP contribution in [-0.4, -0.2) is 61.7 Å². The number of benzene rings is 2. The highest BCUT2D eigenvalue weighted by molar-refractivity contribution is 6.00. The zero-order chi connectivity index (χ0) is 22.5. The molecule has 0 saturated carbocycles. The van der Waals surface area contributed by atoms with E-state index in [0.29, 0.717) is 38.4 Å². The summed E-state index contributed by atoms with van der Waals surface area (Å²) in [7, 11) is 0. The standard InChI is InChI=1S/C23H27FN4O4/c24-18-5-3-17(4-6-18)22(27-11-13-32-14-12-27)16-25-23(29)20-15-19(28(30)31)7-8-21(20)26-9-1-2-10-26/h3-8,15,22H,1-2,9-14,16H2,(H,25,29). The van der Waals surface area contributed by atoms with Crippen LogP contribution in [-0.2, 0) is 4.74 Å². The third kappa shape index (κ3) is 5.05. The van der Waals surface area contributed by atoms with Crippen LogP contribution in [0.5, 0.6) is 0 Å². The molecule has 2 aromatic rings. The molecule has 8 nitrogen and oxygen atoms in total. The smallest absolute Gasteiger partial charge is 0.270 e. The van der Waals surface area contributed by atoms with E-state index >= 15 is 0 Å². The number of carbonyl (C=O) groups is 1. The molecule has 2 heterocycles. The molecular weight excluding hydrogens is 415 g/mol. The molecule has 1 atom stereocenters. The monoisotopic (exact) mass is 442 g/mol. The van der Waals surface area contributed by atoms with Gasteiger partial charge in [0.1, 0.15) is 5.82 Å². The number of nitrogens with zero attached hydrogens (tertiary/aromatic N) is 3. The van der Waals surface area contributed by atoms with Crippen LogP contribution in [0.4, 0.5) is 15.8 Å². The lowest BCUT2D eigenvalue weighted by atomic mass is 10.0. The number of amides is 1. The summed E-state index contributed by atoms with van der Waals surface area (Å²) < 4.78 is 18.9. The SMILES string of the molecule is O=C(NCC(c1ccc(F)cc1)N1CCOCC1)c1cc([N+](=O)[O-])ccc1N1CCCC1. The number of nitro benzene ring substituents is 1. The van der Waals surface area contributed by atoms with Crippen LogP contribution in [0.3, 0.4) is 0 Å². The summed E-state index contributed by atoms with van der Waals surface area (Å²) in [4.78, 5) is 28.3. The summed E-state index contributed by atoms with van der Waals surface area (Å²) in [6, 6.07) is 10.6. The molecule has 1 unspecified atom stereocenters. The van der Waals surface area contributed by atoms with Crippen molar-refractivity contribution in [2.24, 2.45) is 0 Å². The van der Waals surface area contributed by atoms with Crippen LogP contribution < -0.4 is 10.2 Å².